The first-order valence-electron chi connectivity index (χ1n) is 10.1. The van der Waals surface area contributed by atoms with Crippen LogP contribution in [0, 0.1) is 0 Å². The molecule has 0 aliphatic carbocycles. The molecule has 0 aliphatic rings. The Hall–Kier alpha value is -2.30. The van der Waals surface area contributed by atoms with Gasteiger partial charge in [-0.2, -0.15) is 0 Å². The molecular formula is C25H25BrClNO2. The first-order chi connectivity index (χ1) is 14.5. The molecule has 0 saturated carbocycles. The van der Waals surface area contributed by atoms with E-state index in [0.717, 1.165) is 34.3 Å². The molecule has 0 aromatic heterocycles. The van der Waals surface area contributed by atoms with Gasteiger partial charge in [0.1, 0.15) is 5.75 Å². The van der Waals surface area contributed by atoms with Crippen molar-refractivity contribution in [2.24, 2.45) is 0 Å². The highest BCUT2D eigenvalue weighted by molar-refractivity contribution is 9.10. The number of hydrogen-bond donors (Lipinski definition) is 1. The van der Waals surface area contributed by atoms with Gasteiger partial charge in [-0.3, -0.25) is 4.79 Å². The van der Waals surface area contributed by atoms with Crippen LogP contribution in [0.2, 0.25) is 5.02 Å². The molecule has 5 heteroatoms. The molecule has 0 aliphatic heterocycles. The number of carbonyl (C=O) groups excluding carboxylic acids is 1. The van der Waals surface area contributed by atoms with Crippen LogP contribution in [0.25, 0.3) is 0 Å². The third kappa shape index (κ3) is 6.61. The van der Waals surface area contributed by atoms with Crippen LogP contribution in [-0.4, -0.2) is 12.4 Å². The summed E-state index contributed by atoms with van der Waals surface area (Å²) in [7, 11) is 0. The van der Waals surface area contributed by atoms with E-state index in [2.05, 4.69) is 28.2 Å². The summed E-state index contributed by atoms with van der Waals surface area (Å²) in [5.41, 5.74) is 2.64. The number of unbranched alkanes of at least 4 members (excludes halogenated alkanes) is 1. The summed E-state index contributed by atoms with van der Waals surface area (Å²) in [6, 6.07) is 22.8. The van der Waals surface area contributed by atoms with Crippen molar-refractivity contribution in [3.63, 3.8) is 0 Å². The van der Waals surface area contributed by atoms with E-state index in [1.165, 1.54) is 0 Å². The second kappa shape index (κ2) is 11.2. The summed E-state index contributed by atoms with van der Waals surface area (Å²) in [5, 5.41) is 4.12. The third-order valence-electron chi connectivity index (χ3n) is 4.79. The monoisotopic (exact) mass is 485 g/mol. The normalized spacial score (nSPS) is 11.7. The zero-order valence-electron chi connectivity index (χ0n) is 16.9. The number of carbonyl (C=O) groups is 1. The topological polar surface area (TPSA) is 38.3 Å². The van der Waals surface area contributed by atoms with E-state index in [-0.39, 0.29) is 11.8 Å². The summed E-state index contributed by atoms with van der Waals surface area (Å²) in [6.45, 7) is 2.86. The quantitative estimate of drug-likeness (QED) is 0.235. The van der Waals surface area contributed by atoms with Crippen LogP contribution in [0.5, 0.6) is 5.75 Å². The lowest BCUT2D eigenvalue weighted by molar-refractivity contribution is 0.0976. The predicted molar refractivity (Wildman–Crippen MR) is 128 cm³/mol. The highest BCUT2D eigenvalue weighted by Crippen LogP contribution is 2.27. The Bertz CT molecular complexity index is 940. The number of anilines is 1. The van der Waals surface area contributed by atoms with Crippen molar-refractivity contribution in [2.45, 2.75) is 32.2 Å². The number of hydrogen-bond acceptors (Lipinski definition) is 3. The Kier molecular flexibility index (Phi) is 8.35. The second-order valence-corrected chi connectivity index (χ2v) is 8.46. The molecule has 0 saturated heterocycles. The zero-order chi connectivity index (χ0) is 21.3. The SMILES string of the molecule is CCCCOc1ccc([C@H](CC(=O)c2ccc(Cl)cc2)Nc2ccc(Br)cc2)cc1. The largest absolute Gasteiger partial charge is 0.494 e. The van der Waals surface area contributed by atoms with Gasteiger partial charge in [-0.05, 0) is 72.6 Å². The van der Waals surface area contributed by atoms with Crippen molar-refractivity contribution < 1.29 is 9.53 Å². The summed E-state index contributed by atoms with van der Waals surface area (Å²) in [6.07, 6.45) is 2.46. The maximum atomic E-state index is 12.9. The number of benzene rings is 3. The van der Waals surface area contributed by atoms with Gasteiger partial charge >= 0.3 is 0 Å². The van der Waals surface area contributed by atoms with Crippen molar-refractivity contribution in [3.05, 3.63) is 93.4 Å². The minimum atomic E-state index is -0.168. The van der Waals surface area contributed by atoms with Crippen LogP contribution in [0.4, 0.5) is 5.69 Å². The van der Waals surface area contributed by atoms with Crippen molar-refractivity contribution in [3.8, 4) is 5.75 Å². The van der Waals surface area contributed by atoms with Gasteiger partial charge < -0.3 is 10.1 Å². The Morgan fingerprint density at radius 3 is 2.30 bits per heavy atom. The van der Waals surface area contributed by atoms with Crippen molar-refractivity contribution in [2.75, 3.05) is 11.9 Å². The molecule has 0 unspecified atom stereocenters. The van der Waals surface area contributed by atoms with Gasteiger partial charge in [0, 0.05) is 27.2 Å². The lowest BCUT2D eigenvalue weighted by atomic mass is 9.97. The van der Waals surface area contributed by atoms with Crippen LogP contribution in [0.3, 0.4) is 0 Å². The number of Topliss-reactive ketones (excluding diaryl/α,β-unsaturated/α-hetero) is 1. The van der Waals surface area contributed by atoms with E-state index in [1.807, 2.05) is 48.5 Å². The van der Waals surface area contributed by atoms with Crippen molar-refractivity contribution >= 4 is 39.0 Å². The fourth-order valence-electron chi connectivity index (χ4n) is 3.07. The standard InChI is InChI=1S/C25H25BrClNO2/c1-2-3-16-30-23-14-6-18(7-15-23)24(28-22-12-8-20(26)9-13-22)17-25(29)19-4-10-21(27)11-5-19/h4-15,24,28H,2-3,16-17H2,1H3/t24-/m0/s1. The van der Waals surface area contributed by atoms with Gasteiger partial charge in [-0.15, -0.1) is 0 Å². The molecule has 3 nitrogen and oxygen atoms in total. The van der Waals surface area contributed by atoms with E-state index in [4.69, 9.17) is 16.3 Å². The molecule has 1 atom stereocenters. The number of ether oxygens (including phenoxy) is 1. The van der Waals surface area contributed by atoms with Gasteiger partial charge in [0.2, 0.25) is 0 Å². The molecule has 3 aromatic carbocycles. The summed E-state index contributed by atoms with van der Waals surface area (Å²) < 4.78 is 6.78. The molecule has 0 heterocycles. The first kappa shape index (κ1) is 22.4. The van der Waals surface area contributed by atoms with E-state index in [9.17, 15) is 4.79 Å². The van der Waals surface area contributed by atoms with Crippen molar-refractivity contribution in [1.82, 2.24) is 0 Å². The van der Waals surface area contributed by atoms with Crippen molar-refractivity contribution in [1.29, 1.82) is 0 Å². The van der Waals surface area contributed by atoms with Crippen LogP contribution in [0.1, 0.15) is 48.1 Å². The third-order valence-corrected chi connectivity index (χ3v) is 5.57. The van der Waals surface area contributed by atoms with Gasteiger partial charge in [0.05, 0.1) is 12.6 Å². The van der Waals surface area contributed by atoms with Crippen LogP contribution < -0.4 is 10.1 Å². The van der Waals surface area contributed by atoms with E-state index < -0.39 is 0 Å². The summed E-state index contributed by atoms with van der Waals surface area (Å²) in [4.78, 5) is 12.9. The van der Waals surface area contributed by atoms with Gasteiger partial charge in [0.25, 0.3) is 0 Å². The van der Waals surface area contributed by atoms with Crippen LogP contribution in [0.15, 0.2) is 77.3 Å². The molecule has 0 bridgehead atoms. The zero-order valence-corrected chi connectivity index (χ0v) is 19.2. The second-order valence-electron chi connectivity index (χ2n) is 7.11. The van der Waals surface area contributed by atoms with Gasteiger partial charge in [-0.25, -0.2) is 0 Å². The fraction of sp³-hybridized carbons (Fsp3) is 0.240. The number of rotatable bonds is 10. The highest BCUT2D eigenvalue weighted by Gasteiger charge is 2.18. The molecule has 156 valence electrons. The average molecular weight is 487 g/mol. The van der Waals surface area contributed by atoms with Gasteiger partial charge in [-0.1, -0.05) is 53.0 Å². The number of halogens is 2. The molecule has 3 aromatic rings. The molecule has 30 heavy (non-hydrogen) atoms. The summed E-state index contributed by atoms with van der Waals surface area (Å²) >= 11 is 9.42. The summed E-state index contributed by atoms with van der Waals surface area (Å²) in [5.74, 6) is 0.906. The van der Waals surface area contributed by atoms with Crippen LogP contribution >= 0.6 is 27.5 Å². The highest BCUT2D eigenvalue weighted by atomic mass is 79.9. The molecule has 0 spiro atoms. The maximum Gasteiger partial charge on any atom is 0.165 e. The fourth-order valence-corrected chi connectivity index (χ4v) is 3.46. The molecule has 0 amide bonds. The lowest BCUT2D eigenvalue weighted by Crippen LogP contribution is -2.16. The smallest absolute Gasteiger partial charge is 0.165 e. The Morgan fingerprint density at radius 1 is 1.00 bits per heavy atom. The maximum absolute atomic E-state index is 12.9. The number of ketones is 1. The Morgan fingerprint density at radius 2 is 1.67 bits per heavy atom. The first-order valence-corrected chi connectivity index (χ1v) is 11.3. The average Bonchev–Trinajstić information content (AvgIpc) is 2.76. The number of nitrogens with one attached hydrogen (secondary N) is 1. The molecule has 3 rings (SSSR count). The van der Waals surface area contributed by atoms with E-state index >= 15 is 0 Å². The predicted octanol–water partition coefficient (Wildman–Crippen LogP) is 7.71. The minimum absolute atomic E-state index is 0.0598. The van der Waals surface area contributed by atoms with Gasteiger partial charge in [0.15, 0.2) is 5.78 Å². The minimum Gasteiger partial charge on any atom is -0.494 e. The Balaban J connectivity index is 1.78. The molecule has 1 N–H and O–H groups in total. The van der Waals surface area contributed by atoms with E-state index in [1.54, 1.807) is 24.3 Å². The van der Waals surface area contributed by atoms with E-state index in [0.29, 0.717) is 23.6 Å². The molecule has 0 radical (unpaired) electrons. The van der Waals surface area contributed by atoms with Crippen LogP contribution in [-0.2, 0) is 0 Å². The Labute approximate surface area is 191 Å². The molecular weight excluding hydrogens is 462 g/mol. The lowest BCUT2D eigenvalue weighted by Gasteiger charge is -2.21. The molecule has 0 fully saturated rings.